The Hall–Kier alpha value is -1.70. The number of nitrogens with one attached hydrogen (secondary N) is 1. The van der Waals surface area contributed by atoms with Gasteiger partial charge in [-0.15, -0.1) is 11.3 Å². The Balaban J connectivity index is 1.55. The maximum atomic E-state index is 13.1. The van der Waals surface area contributed by atoms with Gasteiger partial charge in [-0.1, -0.05) is 23.4 Å². The van der Waals surface area contributed by atoms with Gasteiger partial charge in [0.15, 0.2) is 0 Å². The van der Waals surface area contributed by atoms with Crippen LogP contribution < -0.4 is 5.32 Å². The Morgan fingerprint density at radius 3 is 3.04 bits per heavy atom. The summed E-state index contributed by atoms with van der Waals surface area (Å²) in [4.78, 5) is 23.7. The van der Waals surface area contributed by atoms with Gasteiger partial charge in [0.05, 0.1) is 16.0 Å². The molecule has 0 unspecified atom stereocenters. The third-order valence-electron chi connectivity index (χ3n) is 4.31. The maximum absolute atomic E-state index is 13.1. The summed E-state index contributed by atoms with van der Waals surface area (Å²) in [5.41, 5.74) is 1.73. The van der Waals surface area contributed by atoms with E-state index < -0.39 is 5.82 Å². The first kappa shape index (κ1) is 17.7. The number of benzene rings is 1. The molecular weight excluding hydrogens is 393 g/mol. The summed E-state index contributed by atoms with van der Waals surface area (Å²) in [6.07, 6.45) is 4.86. The average Bonchev–Trinajstić information content (AvgIpc) is 3.18. The van der Waals surface area contributed by atoms with Gasteiger partial charge in [-0.3, -0.25) is 4.79 Å². The fraction of sp³-hybridized carbons (Fsp3) is 0.278. The fourth-order valence-corrected chi connectivity index (χ4v) is 5.49. The number of hydrogen-bond donors (Lipinski definition) is 1. The zero-order valence-corrected chi connectivity index (χ0v) is 16.3. The number of thiophene rings is 1. The zero-order valence-electron chi connectivity index (χ0n) is 13.9. The van der Waals surface area contributed by atoms with Crippen molar-refractivity contribution in [3.8, 4) is 0 Å². The monoisotopic (exact) mass is 407 g/mol. The number of nitrogens with zero attached hydrogens (tertiary/aromatic N) is 2. The molecule has 1 aliphatic carbocycles. The van der Waals surface area contributed by atoms with Crippen molar-refractivity contribution in [2.75, 3.05) is 5.32 Å². The number of rotatable bonds is 4. The van der Waals surface area contributed by atoms with Gasteiger partial charge in [-0.2, -0.15) is 0 Å². The van der Waals surface area contributed by atoms with Gasteiger partial charge in [0.25, 0.3) is 0 Å². The van der Waals surface area contributed by atoms with E-state index in [2.05, 4.69) is 15.3 Å². The molecule has 2 heterocycles. The van der Waals surface area contributed by atoms with Crippen molar-refractivity contribution in [2.24, 2.45) is 0 Å². The summed E-state index contributed by atoms with van der Waals surface area (Å²) in [5.74, 6) is -0.646. The highest BCUT2D eigenvalue weighted by Crippen LogP contribution is 2.41. The van der Waals surface area contributed by atoms with Gasteiger partial charge in [0.1, 0.15) is 22.0 Å². The molecule has 1 aliphatic rings. The molecule has 1 amide bonds. The highest BCUT2D eigenvalue weighted by Gasteiger charge is 2.24. The molecule has 26 heavy (non-hydrogen) atoms. The van der Waals surface area contributed by atoms with Crippen LogP contribution in [0.3, 0.4) is 0 Å². The van der Waals surface area contributed by atoms with Crippen molar-refractivity contribution >= 4 is 56.5 Å². The van der Waals surface area contributed by atoms with E-state index in [1.165, 1.54) is 40.4 Å². The molecule has 0 fully saturated rings. The molecule has 0 radical (unpaired) electrons. The van der Waals surface area contributed by atoms with Gasteiger partial charge in [0.2, 0.25) is 5.91 Å². The molecule has 1 N–H and O–H groups in total. The van der Waals surface area contributed by atoms with E-state index in [1.54, 1.807) is 17.7 Å². The first-order valence-corrected chi connectivity index (χ1v) is 10.3. The summed E-state index contributed by atoms with van der Waals surface area (Å²) < 4.78 is 13.1. The Kier molecular flexibility index (Phi) is 4.86. The number of aryl methyl sites for hydroxylation is 2. The van der Waals surface area contributed by atoms with E-state index in [1.807, 2.05) is 6.92 Å². The van der Waals surface area contributed by atoms with Crippen LogP contribution in [0.4, 0.5) is 10.1 Å². The van der Waals surface area contributed by atoms with Crippen LogP contribution in [0.15, 0.2) is 29.6 Å². The molecule has 2 aromatic heterocycles. The van der Waals surface area contributed by atoms with E-state index in [0.29, 0.717) is 5.69 Å². The number of aromatic nitrogens is 2. The normalized spacial score (nSPS) is 14.4. The lowest BCUT2D eigenvalue weighted by molar-refractivity contribution is -0.115. The number of thioether (sulfide) groups is 1. The van der Waals surface area contributed by atoms with Crippen molar-refractivity contribution in [1.82, 2.24) is 9.97 Å². The largest absolute Gasteiger partial charge is 0.324 e. The first-order chi connectivity index (χ1) is 12.5. The Labute approximate surface area is 163 Å². The lowest BCUT2D eigenvalue weighted by Gasteiger charge is -2.13. The smallest absolute Gasteiger partial charge is 0.237 e. The van der Waals surface area contributed by atoms with Crippen LogP contribution in [0.25, 0.3) is 10.2 Å². The number of amides is 1. The van der Waals surface area contributed by atoms with Gasteiger partial charge in [0, 0.05) is 10.3 Å². The number of halogens is 2. The topological polar surface area (TPSA) is 54.9 Å². The van der Waals surface area contributed by atoms with Crippen molar-refractivity contribution < 1.29 is 9.18 Å². The van der Waals surface area contributed by atoms with Crippen molar-refractivity contribution in [3.63, 3.8) is 0 Å². The number of hydrogen-bond acceptors (Lipinski definition) is 5. The molecule has 1 atom stereocenters. The van der Waals surface area contributed by atoms with Gasteiger partial charge in [-0.05, 0) is 49.9 Å². The Bertz CT molecular complexity index is 1010. The molecule has 4 nitrogen and oxygen atoms in total. The molecule has 4 rings (SSSR count). The van der Waals surface area contributed by atoms with Gasteiger partial charge in [-0.25, -0.2) is 14.4 Å². The predicted octanol–water partition coefficient (Wildman–Crippen LogP) is 5.09. The molecule has 134 valence electrons. The maximum Gasteiger partial charge on any atom is 0.237 e. The summed E-state index contributed by atoms with van der Waals surface area (Å²) in [7, 11) is 0. The molecule has 0 saturated carbocycles. The van der Waals surface area contributed by atoms with Crippen LogP contribution in [-0.4, -0.2) is 21.1 Å². The third kappa shape index (κ3) is 3.31. The molecular formula is C18H15ClFN3OS2. The Morgan fingerprint density at radius 2 is 2.23 bits per heavy atom. The van der Waals surface area contributed by atoms with E-state index >= 15 is 0 Å². The quantitative estimate of drug-likeness (QED) is 0.483. The number of anilines is 1. The van der Waals surface area contributed by atoms with Crippen LogP contribution in [0, 0.1) is 5.82 Å². The van der Waals surface area contributed by atoms with Crippen LogP contribution in [0.1, 0.15) is 23.8 Å². The number of carbonyl (C=O) groups excluding carboxylic acids is 1. The standard InChI is InChI=1S/C18H15ClFN3OS2/c1-9(16(24)23-13-6-5-10(20)7-12(13)19)25-17-15-11-3-2-4-14(11)26-18(15)22-8-21-17/h5-9H,2-4H2,1H3,(H,23,24)/t9-/m0/s1. The predicted molar refractivity (Wildman–Crippen MR) is 105 cm³/mol. The first-order valence-electron chi connectivity index (χ1n) is 8.20. The summed E-state index contributed by atoms with van der Waals surface area (Å²) in [6, 6.07) is 3.90. The molecule has 1 aromatic carbocycles. The summed E-state index contributed by atoms with van der Waals surface area (Å²) in [5, 5.41) is 4.47. The van der Waals surface area contributed by atoms with E-state index in [0.717, 1.165) is 34.5 Å². The van der Waals surface area contributed by atoms with Gasteiger partial charge < -0.3 is 5.32 Å². The minimum absolute atomic E-state index is 0.177. The summed E-state index contributed by atoms with van der Waals surface area (Å²) in [6.45, 7) is 1.82. The van der Waals surface area contributed by atoms with Crippen LogP contribution >= 0.6 is 34.7 Å². The van der Waals surface area contributed by atoms with Crippen LogP contribution in [-0.2, 0) is 17.6 Å². The molecule has 0 saturated heterocycles. The van der Waals surface area contributed by atoms with Crippen molar-refractivity contribution in [3.05, 3.63) is 45.8 Å². The fourth-order valence-electron chi connectivity index (χ4n) is 3.04. The van der Waals surface area contributed by atoms with E-state index in [-0.39, 0.29) is 16.2 Å². The molecule has 0 bridgehead atoms. The van der Waals surface area contributed by atoms with E-state index in [4.69, 9.17) is 11.6 Å². The second-order valence-corrected chi connectivity index (χ2v) is 8.91. The molecule has 3 aromatic rings. The van der Waals surface area contributed by atoms with Crippen LogP contribution in [0.5, 0.6) is 0 Å². The summed E-state index contributed by atoms with van der Waals surface area (Å²) >= 11 is 9.12. The number of carbonyl (C=O) groups is 1. The second kappa shape index (κ2) is 7.13. The Morgan fingerprint density at radius 1 is 1.38 bits per heavy atom. The van der Waals surface area contributed by atoms with Gasteiger partial charge >= 0.3 is 0 Å². The zero-order chi connectivity index (χ0) is 18.3. The second-order valence-electron chi connectivity index (χ2n) is 6.09. The van der Waals surface area contributed by atoms with E-state index in [9.17, 15) is 9.18 Å². The highest BCUT2D eigenvalue weighted by atomic mass is 35.5. The van der Waals surface area contributed by atoms with Crippen LogP contribution in [0.2, 0.25) is 5.02 Å². The molecule has 0 aliphatic heterocycles. The lowest BCUT2D eigenvalue weighted by atomic mass is 10.2. The minimum Gasteiger partial charge on any atom is -0.324 e. The molecule has 0 spiro atoms. The lowest BCUT2D eigenvalue weighted by Crippen LogP contribution is -2.22. The van der Waals surface area contributed by atoms with Crippen molar-refractivity contribution in [1.29, 1.82) is 0 Å². The van der Waals surface area contributed by atoms with Crippen molar-refractivity contribution in [2.45, 2.75) is 36.5 Å². The third-order valence-corrected chi connectivity index (χ3v) is 6.93. The minimum atomic E-state index is -0.440. The highest BCUT2D eigenvalue weighted by molar-refractivity contribution is 8.00. The SMILES string of the molecule is C[C@H](Sc1ncnc2sc3c(c12)CCC3)C(=O)Nc1ccc(F)cc1Cl. The molecule has 8 heteroatoms. The number of fused-ring (bicyclic) bond motifs is 3. The average molecular weight is 408 g/mol.